The molecule has 1 heterocycles. The summed E-state index contributed by atoms with van der Waals surface area (Å²) in [5.41, 5.74) is 0.415. The minimum absolute atomic E-state index is 0.114. The van der Waals surface area contributed by atoms with E-state index in [1.54, 1.807) is 6.07 Å². The number of esters is 1. The van der Waals surface area contributed by atoms with Gasteiger partial charge >= 0.3 is 11.9 Å². The van der Waals surface area contributed by atoms with Crippen LogP contribution in [0.2, 0.25) is 5.02 Å². The van der Waals surface area contributed by atoms with E-state index >= 15 is 0 Å². The lowest BCUT2D eigenvalue weighted by Crippen LogP contribution is -2.19. The van der Waals surface area contributed by atoms with Crippen molar-refractivity contribution in [1.29, 1.82) is 0 Å². The summed E-state index contributed by atoms with van der Waals surface area (Å²) in [6.07, 6.45) is 0.576. The molecule has 0 aliphatic carbocycles. The summed E-state index contributed by atoms with van der Waals surface area (Å²) < 4.78 is 7.24. The maximum atomic E-state index is 12.1. The third-order valence-electron chi connectivity index (χ3n) is 3.55. The summed E-state index contributed by atoms with van der Waals surface area (Å²) in [6.45, 7) is 1.91. The van der Waals surface area contributed by atoms with Gasteiger partial charge in [0.2, 0.25) is 0 Å². The van der Waals surface area contributed by atoms with Gasteiger partial charge in [-0.15, -0.1) is 0 Å². The molecule has 0 fully saturated rings. The third-order valence-corrected chi connectivity index (χ3v) is 5.42. The Balaban J connectivity index is 2.72. The fourth-order valence-corrected chi connectivity index (χ4v) is 3.33. The van der Waals surface area contributed by atoms with E-state index in [1.165, 1.54) is 11.7 Å². The average molecular weight is 481 g/mol. The summed E-state index contributed by atoms with van der Waals surface area (Å²) in [5, 5.41) is 9.91. The van der Waals surface area contributed by atoms with Crippen molar-refractivity contribution in [3.05, 3.63) is 48.5 Å². The van der Waals surface area contributed by atoms with Crippen LogP contribution < -0.4 is 0 Å². The fourth-order valence-electron chi connectivity index (χ4n) is 2.48. The Labute approximate surface area is 161 Å². The van der Waals surface area contributed by atoms with Gasteiger partial charge in [-0.05, 0) is 58.9 Å². The second kappa shape index (κ2) is 7.66. The molecule has 128 valence electrons. The Hall–Kier alpha value is -1.39. The summed E-state index contributed by atoms with van der Waals surface area (Å²) in [6, 6.07) is 5.16. The first kappa shape index (κ1) is 18.9. The molecular weight excluding hydrogens is 467 g/mol. The highest BCUT2D eigenvalue weighted by Gasteiger charge is 2.28. The summed E-state index contributed by atoms with van der Waals surface area (Å²) in [5.74, 6) is -2.05. The molecule has 1 aromatic carbocycles. The number of carboxylic acids is 1. The number of ether oxygens (including phenoxy) is 1. The van der Waals surface area contributed by atoms with E-state index < -0.39 is 11.9 Å². The van der Waals surface area contributed by atoms with Gasteiger partial charge in [0.15, 0.2) is 16.2 Å². The number of aromatic amines is 1. The van der Waals surface area contributed by atoms with E-state index in [0.717, 1.165) is 9.13 Å². The monoisotopic (exact) mass is 480 g/mol. The van der Waals surface area contributed by atoms with E-state index in [2.05, 4.69) is 27.6 Å². The molecule has 2 N–H and O–H groups in total. The van der Waals surface area contributed by atoms with E-state index in [-0.39, 0.29) is 22.2 Å². The van der Waals surface area contributed by atoms with E-state index in [9.17, 15) is 14.7 Å². The van der Waals surface area contributed by atoms with Crippen molar-refractivity contribution in [3.8, 4) is 0 Å². The van der Waals surface area contributed by atoms with Crippen molar-refractivity contribution in [3.63, 3.8) is 0 Å². The van der Waals surface area contributed by atoms with Crippen LogP contribution in [0.4, 0.5) is 0 Å². The molecule has 0 amide bonds. The normalized spacial score (nSPS) is 12.0. The number of aromatic nitrogens is 2. The topological polar surface area (TPSA) is 84.3 Å². The van der Waals surface area contributed by atoms with Crippen molar-refractivity contribution in [1.82, 2.24) is 9.55 Å². The molecule has 0 saturated carbocycles. The van der Waals surface area contributed by atoms with Crippen LogP contribution in [0.5, 0.6) is 0 Å². The molecule has 0 saturated heterocycles. The molecule has 2 aromatic rings. The van der Waals surface area contributed by atoms with Crippen LogP contribution in [0, 0.1) is 8.34 Å². The summed E-state index contributed by atoms with van der Waals surface area (Å²) >= 11 is 13.6. The quantitative estimate of drug-likeness (QED) is 0.379. The highest BCUT2D eigenvalue weighted by molar-refractivity contribution is 14.1. The number of carbonyl (C=O) groups is 2. The Kier molecular flexibility index (Phi) is 6.05. The predicted octanol–water partition coefficient (Wildman–Crippen LogP) is 4.29. The van der Waals surface area contributed by atoms with Crippen molar-refractivity contribution in [2.24, 2.45) is 0 Å². The van der Waals surface area contributed by atoms with Gasteiger partial charge in [0, 0.05) is 3.57 Å². The molecule has 9 heteroatoms. The average Bonchev–Trinajstić information content (AvgIpc) is 2.89. The number of hydrogen-bond acceptors (Lipinski definition) is 4. The van der Waals surface area contributed by atoms with Crippen LogP contribution in [0.15, 0.2) is 18.2 Å². The number of carboxylic acid groups (broad SMARTS) is 1. The van der Waals surface area contributed by atoms with Crippen molar-refractivity contribution < 1.29 is 19.4 Å². The van der Waals surface area contributed by atoms with Gasteiger partial charge in [0.1, 0.15) is 0 Å². The number of H-pyrrole nitrogens is 1. The Morgan fingerprint density at radius 3 is 2.67 bits per heavy atom. The summed E-state index contributed by atoms with van der Waals surface area (Å²) in [7, 11) is 1.19. The second-order valence-corrected chi connectivity index (χ2v) is 6.87. The summed E-state index contributed by atoms with van der Waals surface area (Å²) in [4.78, 5) is 26.2. The Bertz CT molecular complexity index is 862. The van der Waals surface area contributed by atoms with Gasteiger partial charge in [0.25, 0.3) is 0 Å². The van der Waals surface area contributed by atoms with Crippen molar-refractivity contribution in [2.45, 2.75) is 19.4 Å². The maximum absolute atomic E-state index is 12.1. The minimum atomic E-state index is -1.28. The van der Waals surface area contributed by atoms with Crippen molar-refractivity contribution >= 4 is 58.3 Å². The number of nitrogens with one attached hydrogen (secondary N) is 1. The van der Waals surface area contributed by atoms with Gasteiger partial charge in [-0.25, -0.2) is 9.59 Å². The number of imidazole rings is 1. The van der Waals surface area contributed by atoms with E-state index in [4.69, 9.17) is 28.6 Å². The van der Waals surface area contributed by atoms with E-state index in [0.29, 0.717) is 11.4 Å². The van der Waals surface area contributed by atoms with Crippen molar-refractivity contribution in [2.75, 3.05) is 7.11 Å². The number of halogens is 2. The predicted molar refractivity (Wildman–Crippen MR) is 101 cm³/mol. The molecule has 1 atom stereocenters. The molecule has 1 unspecified atom stereocenters. The fraction of sp³-hybridized carbons (Fsp3) is 0.267. The van der Waals surface area contributed by atoms with Gasteiger partial charge in [-0.1, -0.05) is 24.6 Å². The Morgan fingerprint density at radius 1 is 1.50 bits per heavy atom. The SMILES string of the molecule is CCC(c1ccc(I)c(Cl)c1)n1c(C(=O)OC)c(C(=O)O)[nH]c1=S. The van der Waals surface area contributed by atoms with Gasteiger partial charge in [-0.3, -0.25) is 0 Å². The molecular formula is C15H14ClIN2O4S. The molecule has 0 bridgehead atoms. The zero-order chi connectivity index (χ0) is 18.0. The maximum Gasteiger partial charge on any atom is 0.357 e. The van der Waals surface area contributed by atoms with Gasteiger partial charge in [0.05, 0.1) is 18.2 Å². The largest absolute Gasteiger partial charge is 0.477 e. The lowest BCUT2D eigenvalue weighted by atomic mass is 10.0. The van der Waals surface area contributed by atoms with Crippen LogP contribution in [0.1, 0.15) is 45.9 Å². The van der Waals surface area contributed by atoms with Crippen LogP contribution in [0.25, 0.3) is 0 Å². The Morgan fingerprint density at radius 2 is 2.17 bits per heavy atom. The highest BCUT2D eigenvalue weighted by Crippen LogP contribution is 2.30. The molecule has 24 heavy (non-hydrogen) atoms. The first-order chi connectivity index (χ1) is 11.3. The molecule has 0 radical (unpaired) electrons. The van der Waals surface area contributed by atoms with Gasteiger partial charge in [-0.2, -0.15) is 0 Å². The standard InChI is InChI=1S/C15H14ClIN2O4S/c1-3-10(7-4-5-9(17)8(16)6-7)19-12(14(22)23-2)11(13(20)21)18-15(19)24/h4-6,10H,3H2,1-2H3,(H,18,24)(H,20,21). The van der Waals surface area contributed by atoms with Crippen LogP contribution in [-0.2, 0) is 4.74 Å². The zero-order valence-corrected chi connectivity index (χ0v) is 16.5. The number of nitrogens with zero attached hydrogens (tertiary/aromatic N) is 1. The molecule has 0 aliphatic heterocycles. The molecule has 6 nitrogen and oxygen atoms in total. The highest BCUT2D eigenvalue weighted by atomic mass is 127. The number of benzene rings is 1. The van der Waals surface area contributed by atoms with Crippen LogP contribution in [-0.4, -0.2) is 33.7 Å². The lowest BCUT2D eigenvalue weighted by molar-refractivity contribution is 0.0568. The number of aromatic carboxylic acids is 1. The number of hydrogen-bond donors (Lipinski definition) is 2. The molecule has 0 spiro atoms. The van der Waals surface area contributed by atoms with Gasteiger partial charge < -0.3 is 19.4 Å². The molecule has 1 aromatic heterocycles. The van der Waals surface area contributed by atoms with Crippen LogP contribution >= 0.6 is 46.4 Å². The lowest BCUT2D eigenvalue weighted by Gasteiger charge is -2.20. The first-order valence-corrected chi connectivity index (χ1v) is 8.79. The number of rotatable bonds is 5. The second-order valence-electron chi connectivity index (χ2n) is 4.92. The minimum Gasteiger partial charge on any atom is -0.477 e. The number of carbonyl (C=O) groups excluding carboxylic acids is 1. The smallest absolute Gasteiger partial charge is 0.357 e. The van der Waals surface area contributed by atoms with E-state index in [1.807, 2.05) is 19.1 Å². The first-order valence-electron chi connectivity index (χ1n) is 6.92. The van der Waals surface area contributed by atoms with Crippen LogP contribution in [0.3, 0.4) is 0 Å². The molecule has 0 aliphatic rings. The third kappa shape index (κ3) is 3.50. The zero-order valence-electron chi connectivity index (χ0n) is 12.8. The number of methoxy groups -OCH3 is 1. The molecule has 2 rings (SSSR count).